The zero-order chi connectivity index (χ0) is 20.5. The lowest BCUT2D eigenvalue weighted by atomic mass is 9.94. The van der Waals surface area contributed by atoms with Gasteiger partial charge in [0.05, 0.1) is 22.6 Å². The Labute approximate surface area is 172 Å². The summed E-state index contributed by atoms with van der Waals surface area (Å²) in [5.41, 5.74) is 2.28. The normalized spacial score (nSPS) is 21.1. The summed E-state index contributed by atoms with van der Waals surface area (Å²) in [5, 5.41) is 0.248. The first-order valence-electron chi connectivity index (χ1n) is 9.21. The number of thioether (sulfide) groups is 1. The maximum atomic E-state index is 13.5. The summed E-state index contributed by atoms with van der Waals surface area (Å²) in [6, 6.07) is 14.5. The third kappa shape index (κ3) is 3.70. The van der Waals surface area contributed by atoms with Gasteiger partial charge in [-0.25, -0.2) is 14.2 Å². The number of hydrogen-bond donors (Lipinski definition) is 0. The minimum atomic E-state index is -0.698. The van der Waals surface area contributed by atoms with E-state index >= 15 is 0 Å². The smallest absolute Gasteiger partial charge is 0.338 e. The molecule has 0 saturated carbocycles. The van der Waals surface area contributed by atoms with Crippen LogP contribution in [0.15, 0.2) is 70.9 Å². The van der Waals surface area contributed by atoms with Gasteiger partial charge < -0.3 is 4.74 Å². The number of esters is 1. The average Bonchev–Trinajstić information content (AvgIpc) is 3.00. The molecule has 2 aromatic carbocycles. The molecule has 0 bridgehead atoms. The van der Waals surface area contributed by atoms with Crippen LogP contribution < -0.4 is 0 Å². The Bertz CT molecular complexity index is 1020. The standard InChI is InChI=1S/C22H19FN2O3S/c1-13-18(21(27)28-12-15-6-4-3-5-7-15)19(16-8-10-17(23)11-9-16)25-20(26)14(2)29-22(25)24-13/h3-11,14,19H,12H2,1-2H3/t14-,19+/m1/s1. The summed E-state index contributed by atoms with van der Waals surface area (Å²) in [5.74, 6) is -1.06. The molecule has 5 nitrogen and oxygen atoms in total. The zero-order valence-corrected chi connectivity index (χ0v) is 16.8. The Kier molecular flexibility index (Phi) is 5.24. The van der Waals surface area contributed by atoms with Crippen LogP contribution in [0.4, 0.5) is 4.39 Å². The fourth-order valence-electron chi connectivity index (χ4n) is 3.43. The summed E-state index contributed by atoms with van der Waals surface area (Å²) >= 11 is 1.35. The minimum absolute atomic E-state index is 0.113. The number of amidine groups is 1. The number of benzene rings is 2. The first-order valence-corrected chi connectivity index (χ1v) is 10.1. The molecule has 2 heterocycles. The molecule has 0 unspecified atom stereocenters. The highest BCUT2D eigenvalue weighted by atomic mass is 32.2. The molecule has 2 aromatic rings. The van der Waals surface area contributed by atoms with Crippen LogP contribution >= 0.6 is 11.8 Å². The van der Waals surface area contributed by atoms with Crippen molar-refractivity contribution in [2.45, 2.75) is 31.7 Å². The number of allylic oxidation sites excluding steroid dienone is 1. The molecule has 2 atom stereocenters. The van der Waals surface area contributed by atoms with Crippen molar-refractivity contribution in [3.05, 3.63) is 82.8 Å². The van der Waals surface area contributed by atoms with E-state index in [0.717, 1.165) is 5.56 Å². The number of aliphatic imine (C=N–C) groups is 1. The molecule has 148 valence electrons. The van der Waals surface area contributed by atoms with E-state index in [1.54, 1.807) is 26.0 Å². The lowest BCUT2D eigenvalue weighted by Gasteiger charge is -2.33. The molecule has 1 saturated heterocycles. The third-order valence-corrected chi connectivity index (χ3v) is 5.93. The number of carbonyl (C=O) groups is 2. The Morgan fingerprint density at radius 2 is 1.86 bits per heavy atom. The third-order valence-electron chi connectivity index (χ3n) is 4.88. The van der Waals surface area contributed by atoms with E-state index in [1.165, 1.54) is 28.8 Å². The Hall–Kier alpha value is -2.93. The van der Waals surface area contributed by atoms with E-state index in [4.69, 9.17) is 4.74 Å². The lowest BCUT2D eigenvalue weighted by Crippen LogP contribution is -2.40. The molecular formula is C22H19FN2O3S. The molecular weight excluding hydrogens is 391 g/mol. The molecule has 2 aliphatic rings. The molecule has 2 aliphatic heterocycles. The predicted molar refractivity (Wildman–Crippen MR) is 109 cm³/mol. The molecule has 29 heavy (non-hydrogen) atoms. The number of carbonyl (C=O) groups excluding carboxylic acids is 2. The first-order chi connectivity index (χ1) is 14.0. The minimum Gasteiger partial charge on any atom is -0.457 e. The van der Waals surface area contributed by atoms with E-state index in [9.17, 15) is 14.0 Å². The first kappa shape index (κ1) is 19.4. The second-order valence-corrected chi connectivity index (χ2v) is 8.19. The number of nitrogens with zero attached hydrogens (tertiary/aromatic N) is 2. The highest BCUT2D eigenvalue weighted by Crippen LogP contribution is 2.43. The Balaban J connectivity index is 1.71. The number of rotatable bonds is 4. The van der Waals surface area contributed by atoms with E-state index in [1.807, 2.05) is 30.3 Å². The van der Waals surface area contributed by atoms with Crippen LogP contribution in [-0.2, 0) is 20.9 Å². The second kappa shape index (κ2) is 7.83. The van der Waals surface area contributed by atoms with Crippen LogP contribution in [0.1, 0.15) is 31.0 Å². The van der Waals surface area contributed by atoms with Gasteiger partial charge in [0.25, 0.3) is 0 Å². The van der Waals surface area contributed by atoms with Crippen molar-refractivity contribution in [1.82, 2.24) is 4.90 Å². The van der Waals surface area contributed by atoms with Crippen molar-refractivity contribution in [3.8, 4) is 0 Å². The summed E-state index contributed by atoms with van der Waals surface area (Å²) in [4.78, 5) is 31.9. The van der Waals surface area contributed by atoms with E-state index in [0.29, 0.717) is 22.0 Å². The number of halogens is 1. The molecule has 7 heteroatoms. The molecule has 0 radical (unpaired) electrons. The number of hydrogen-bond acceptors (Lipinski definition) is 5. The van der Waals surface area contributed by atoms with Gasteiger partial charge >= 0.3 is 5.97 Å². The average molecular weight is 410 g/mol. The van der Waals surface area contributed by atoms with E-state index < -0.39 is 12.0 Å². The molecule has 1 fully saturated rings. The van der Waals surface area contributed by atoms with Crippen molar-refractivity contribution in [2.75, 3.05) is 0 Å². The predicted octanol–water partition coefficient (Wildman–Crippen LogP) is 4.22. The van der Waals surface area contributed by atoms with Gasteiger partial charge in [-0.2, -0.15) is 0 Å². The second-order valence-electron chi connectivity index (χ2n) is 6.88. The SMILES string of the molecule is CC1=C(C(=O)OCc2ccccc2)[C@H](c2ccc(F)cc2)N2C(=O)[C@@H](C)SC2=N1. The van der Waals surface area contributed by atoms with Gasteiger partial charge in [-0.3, -0.25) is 9.69 Å². The van der Waals surface area contributed by atoms with Crippen LogP contribution in [0, 0.1) is 5.82 Å². The van der Waals surface area contributed by atoms with Crippen molar-refractivity contribution in [2.24, 2.45) is 4.99 Å². The van der Waals surface area contributed by atoms with Crippen LogP contribution in [-0.4, -0.2) is 27.2 Å². The number of amides is 1. The molecule has 0 aliphatic carbocycles. The quantitative estimate of drug-likeness (QED) is 0.709. The van der Waals surface area contributed by atoms with Gasteiger partial charge in [0, 0.05) is 0 Å². The van der Waals surface area contributed by atoms with Crippen molar-refractivity contribution >= 4 is 28.8 Å². The van der Waals surface area contributed by atoms with Gasteiger partial charge in [0.2, 0.25) is 5.91 Å². The van der Waals surface area contributed by atoms with E-state index in [2.05, 4.69) is 4.99 Å². The number of fused-ring (bicyclic) bond motifs is 1. The lowest BCUT2D eigenvalue weighted by molar-refractivity contribution is -0.141. The summed E-state index contributed by atoms with van der Waals surface area (Å²) < 4.78 is 19.0. The van der Waals surface area contributed by atoms with Gasteiger partial charge in [0.1, 0.15) is 12.4 Å². The van der Waals surface area contributed by atoms with Gasteiger partial charge in [0.15, 0.2) is 5.17 Å². The van der Waals surface area contributed by atoms with Gasteiger partial charge in [-0.05, 0) is 37.1 Å². The number of ether oxygens (including phenoxy) is 1. The summed E-state index contributed by atoms with van der Waals surface area (Å²) in [7, 11) is 0. The zero-order valence-electron chi connectivity index (χ0n) is 16.0. The highest BCUT2D eigenvalue weighted by molar-refractivity contribution is 8.15. The van der Waals surface area contributed by atoms with Gasteiger partial charge in [-0.1, -0.05) is 54.2 Å². The van der Waals surface area contributed by atoms with Crippen LogP contribution in [0.2, 0.25) is 0 Å². The maximum Gasteiger partial charge on any atom is 0.338 e. The van der Waals surface area contributed by atoms with Crippen LogP contribution in [0.25, 0.3) is 0 Å². The fraction of sp³-hybridized carbons (Fsp3) is 0.227. The molecule has 0 aromatic heterocycles. The molecule has 1 amide bonds. The van der Waals surface area contributed by atoms with Crippen LogP contribution in [0.5, 0.6) is 0 Å². The Morgan fingerprint density at radius 3 is 2.55 bits per heavy atom. The molecule has 0 N–H and O–H groups in total. The van der Waals surface area contributed by atoms with Crippen LogP contribution in [0.3, 0.4) is 0 Å². The Morgan fingerprint density at radius 1 is 1.17 bits per heavy atom. The largest absolute Gasteiger partial charge is 0.457 e. The van der Waals surface area contributed by atoms with Crippen molar-refractivity contribution < 1.29 is 18.7 Å². The molecule has 0 spiro atoms. The van der Waals surface area contributed by atoms with E-state index in [-0.39, 0.29) is 23.6 Å². The topological polar surface area (TPSA) is 59.0 Å². The highest BCUT2D eigenvalue weighted by Gasteiger charge is 2.46. The molecule has 4 rings (SSSR count). The van der Waals surface area contributed by atoms with Gasteiger partial charge in [-0.15, -0.1) is 0 Å². The maximum absolute atomic E-state index is 13.5. The monoisotopic (exact) mass is 410 g/mol. The summed E-state index contributed by atoms with van der Waals surface area (Å²) in [6.07, 6.45) is 0. The fourth-order valence-corrected chi connectivity index (χ4v) is 4.45. The van der Waals surface area contributed by atoms with Crippen molar-refractivity contribution in [3.63, 3.8) is 0 Å². The summed E-state index contributed by atoms with van der Waals surface area (Å²) in [6.45, 7) is 3.65. The van der Waals surface area contributed by atoms with Crippen molar-refractivity contribution in [1.29, 1.82) is 0 Å².